The van der Waals surface area contributed by atoms with E-state index in [9.17, 15) is 13.6 Å². The van der Waals surface area contributed by atoms with E-state index < -0.39 is 16.5 Å². The molecule has 0 saturated carbocycles. The van der Waals surface area contributed by atoms with Crippen LogP contribution in [-0.2, 0) is 9.53 Å². The molecule has 3 aromatic rings. The highest BCUT2D eigenvalue weighted by Crippen LogP contribution is 2.32. The Balaban J connectivity index is 1.92. The van der Waals surface area contributed by atoms with Gasteiger partial charge in [0, 0.05) is 23.2 Å². The molecule has 172 valence electrons. The number of methoxy groups -OCH3 is 1. The lowest BCUT2D eigenvalue weighted by Crippen LogP contribution is -2.38. The molecule has 3 atom stereocenters. The van der Waals surface area contributed by atoms with Gasteiger partial charge in [0.05, 0.1) is 19.5 Å². The number of pyridine rings is 1. The molecule has 3 aromatic heterocycles. The van der Waals surface area contributed by atoms with E-state index in [-0.39, 0.29) is 35.0 Å². The van der Waals surface area contributed by atoms with Gasteiger partial charge in [-0.05, 0) is 23.8 Å². The largest absolute Gasteiger partial charge is 0.468 e. The van der Waals surface area contributed by atoms with Crippen LogP contribution in [0.4, 0.5) is 14.6 Å². The quantitative estimate of drug-likeness (QED) is 0.340. The second kappa shape index (κ2) is 9.48. The smallest absolute Gasteiger partial charge is 0.319 e. The molecule has 0 bridgehead atoms. The molecule has 7 nitrogen and oxygen atoms in total. The number of rotatable bonds is 7. The molecule has 3 unspecified atom stereocenters. The van der Waals surface area contributed by atoms with Crippen molar-refractivity contribution in [1.29, 1.82) is 0 Å². The maximum absolute atomic E-state index is 14.7. The van der Waals surface area contributed by atoms with Crippen molar-refractivity contribution in [2.24, 2.45) is 11.3 Å². The Bertz CT molecular complexity index is 1120. The van der Waals surface area contributed by atoms with Crippen LogP contribution >= 0.6 is 15.9 Å². The van der Waals surface area contributed by atoms with E-state index in [0.29, 0.717) is 23.0 Å². The molecule has 0 aromatic carbocycles. The summed E-state index contributed by atoms with van der Waals surface area (Å²) in [6.45, 7) is 7.98. The third kappa shape index (κ3) is 5.23. The van der Waals surface area contributed by atoms with Crippen molar-refractivity contribution in [3.8, 4) is 11.4 Å². The zero-order valence-corrected chi connectivity index (χ0v) is 20.1. The first-order valence-corrected chi connectivity index (χ1v) is 11.1. The zero-order chi connectivity index (χ0) is 23.6. The van der Waals surface area contributed by atoms with E-state index in [4.69, 9.17) is 4.74 Å². The van der Waals surface area contributed by atoms with Gasteiger partial charge in [0.15, 0.2) is 17.5 Å². The molecule has 10 heteroatoms. The van der Waals surface area contributed by atoms with E-state index in [1.807, 2.05) is 27.7 Å². The first-order valence-electron chi connectivity index (χ1n) is 10.1. The van der Waals surface area contributed by atoms with Gasteiger partial charge in [0.25, 0.3) is 0 Å². The average Bonchev–Trinajstić information content (AvgIpc) is 3.15. The van der Waals surface area contributed by atoms with E-state index >= 15 is 0 Å². The lowest BCUT2D eigenvalue weighted by atomic mass is 9.81. The van der Waals surface area contributed by atoms with E-state index in [1.54, 1.807) is 6.20 Å². The van der Waals surface area contributed by atoms with Gasteiger partial charge in [0.1, 0.15) is 16.3 Å². The number of alkyl halides is 1. The van der Waals surface area contributed by atoms with Crippen LogP contribution in [0.3, 0.4) is 0 Å². The van der Waals surface area contributed by atoms with Crippen molar-refractivity contribution < 1.29 is 18.3 Å². The first kappa shape index (κ1) is 24.0. The lowest BCUT2D eigenvalue weighted by molar-refractivity contribution is -0.140. The Kier molecular flexibility index (Phi) is 7.12. The Morgan fingerprint density at radius 2 is 2.00 bits per heavy atom. The number of aromatic amines is 1. The van der Waals surface area contributed by atoms with Crippen molar-refractivity contribution in [3.05, 3.63) is 36.3 Å². The summed E-state index contributed by atoms with van der Waals surface area (Å²) in [5, 5.41) is 3.70. The number of ether oxygens (including phenoxy) is 1. The van der Waals surface area contributed by atoms with Crippen molar-refractivity contribution in [2.75, 3.05) is 12.4 Å². The number of halogens is 3. The third-order valence-electron chi connectivity index (χ3n) is 5.37. The minimum atomic E-state index is -0.608. The number of hydrogen-bond acceptors (Lipinski definition) is 6. The van der Waals surface area contributed by atoms with Gasteiger partial charge < -0.3 is 15.0 Å². The van der Waals surface area contributed by atoms with Crippen LogP contribution in [0.2, 0.25) is 0 Å². The maximum Gasteiger partial charge on any atom is 0.319 e. The molecule has 0 saturated heterocycles. The van der Waals surface area contributed by atoms with Crippen LogP contribution in [0.25, 0.3) is 22.4 Å². The number of anilines is 1. The number of aromatic nitrogens is 4. The van der Waals surface area contributed by atoms with Crippen molar-refractivity contribution in [3.63, 3.8) is 0 Å². The Hall–Kier alpha value is -2.62. The predicted octanol–water partition coefficient (Wildman–Crippen LogP) is 5.09. The summed E-state index contributed by atoms with van der Waals surface area (Å²) in [7, 11) is 1.34. The summed E-state index contributed by atoms with van der Waals surface area (Å²) in [6, 6.07) is 1.11. The van der Waals surface area contributed by atoms with E-state index in [0.717, 1.165) is 12.4 Å². The van der Waals surface area contributed by atoms with Gasteiger partial charge in [-0.2, -0.15) is 0 Å². The summed E-state index contributed by atoms with van der Waals surface area (Å²) in [5.41, 5.74) is 0.723. The third-order valence-corrected chi connectivity index (χ3v) is 6.65. The zero-order valence-electron chi connectivity index (χ0n) is 18.5. The van der Waals surface area contributed by atoms with Gasteiger partial charge in [-0.1, -0.05) is 43.6 Å². The van der Waals surface area contributed by atoms with Gasteiger partial charge >= 0.3 is 5.97 Å². The summed E-state index contributed by atoms with van der Waals surface area (Å²) in [4.78, 5) is 26.8. The minimum Gasteiger partial charge on any atom is -0.468 e. The monoisotopic (exact) mass is 509 g/mol. The van der Waals surface area contributed by atoms with Crippen molar-refractivity contribution >= 4 is 38.8 Å². The Morgan fingerprint density at radius 3 is 2.66 bits per heavy atom. The van der Waals surface area contributed by atoms with Crippen LogP contribution in [0.15, 0.2) is 24.7 Å². The molecule has 0 radical (unpaired) electrons. The number of H-pyrrole nitrogens is 1. The summed E-state index contributed by atoms with van der Waals surface area (Å²) < 4.78 is 33.2. The number of esters is 1. The fourth-order valence-corrected chi connectivity index (χ4v) is 3.79. The fourth-order valence-electron chi connectivity index (χ4n) is 3.39. The SMILES string of the molecule is COC(=O)C(Br)C(C)CC(Nc1nc(-c2c[nH]c3ncc(F)cc23)ncc1F)C(C)(C)C. The van der Waals surface area contributed by atoms with E-state index in [1.165, 1.54) is 13.2 Å². The molecule has 0 aliphatic carbocycles. The van der Waals surface area contributed by atoms with E-state index in [2.05, 4.69) is 41.2 Å². The number of carbonyl (C=O) groups excluding carboxylic acids is 1. The molecular weight excluding hydrogens is 484 g/mol. The topological polar surface area (TPSA) is 92.8 Å². The number of fused-ring (bicyclic) bond motifs is 1. The molecule has 0 aliphatic rings. The number of nitrogens with zero attached hydrogens (tertiary/aromatic N) is 3. The lowest BCUT2D eigenvalue weighted by Gasteiger charge is -2.34. The van der Waals surface area contributed by atoms with Crippen LogP contribution in [0, 0.1) is 23.0 Å². The average molecular weight is 510 g/mol. The normalized spacial score (nSPS) is 14.8. The summed E-state index contributed by atoms with van der Waals surface area (Å²) in [5.74, 6) is -1.28. The standard InChI is InChI=1S/C22H26BrF2N5O2/c1-11(17(23)21(31)32-5)6-16(22(2,3)4)29-20-15(25)10-28-19(30-20)14-9-27-18-13(14)7-12(24)8-26-18/h7-11,16-17H,6H2,1-5H3,(H,26,27)(H,28,29,30). The Labute approximate surface area is 193 Å². The van der Waals surface area contributed by atoms with Gasteiger partial charge in [-0.15, -0.1) is 0 Å². The number of carbonyl (C=O) groups is 1. The molecular formula is C22H26BrF2N5O2. The molecule has 3 heterocycles. The maximum atomic E-state index is 14.7. The predicted molar refractivity (Wildman–Crippen MR) is 122 cm³/mol. The van der Waals surface area contributed by atoms with Crippen LogP contribution in [0.1, 0.15) is 34.1 Å². The van der Waals surface area contributed by atoms with Gasteiger partial charge in [-0.25, -0.2) is 23.7 Å². The molecule has 2 N–H and O–H groups in total. The molecule has 0 amide bonds. The summed E-state index contributed by atoms with van der Waals surface area (Å²) >= 11 is 3.39. The van der Waals surface area contributed by atoms with Crippen molar-refractivity contribution in [1.82, 2.24) is 19.9 Å². The van der Waals surface area contributed by atoms with Gasteiger partial charge in [-0.3, -0.25) is 4.79 Å². The highest BCUT2D eigenvalue weighted by atomic mass is 79.9. The summed E-state index contributed by atoms with van der Waals surface area (Å²) in [6.07, 6.45) is 4.36. The second-order valence-electron chi connectivity index (χ2n) is 8.84. The highest BCUT2D eigenvalue weighted by molar-refractivity contribution is 9.10. The molecule has 3 rings (SSSR count). The fraction of sp³-hybridized carbons (Fsp3) is 0.455. The minimum absolute atomic E-state index is 0.0324. The highest BCUT2D eigenvalue weighted by Gasteiger charge is 2.32. The molecule has 0 aliphatic heterocycles. The van der Waals surface area contributed by atoms with Crippen LogP contribution < -0.4 is 5.32 Å². The Morgan fingerprint density at radius 1 is 1.28 bits per heavy atom. The van der Waals surface area contributed by atoms with Gasteiger partial charge in [0.2, 0.25) is 0 Å². The molecule has 0 spiro atoms. The second-order valence-corrected chi connectivity index (χ2v) is 9.83. The number of hydrogen-bond donors (Lipinski definition) is 2. The number of nitrogens with one attached hydrogen (secondary N) is 2. The molecule has 32 heavy (non-hydrogen) atoms. The van der Waals surface area contributed by atoms with Crippen molar-refractivity contribution in [2.45, 2.75) is 45.0 Å². The van der Waals surface area contributed by atoms with Crippen LogP contribution in [-0.4, -0.2) is 43.9 Å². The first-order chi connectivity index (χ1) is 15.0. The molecule has 0 fully saturated rings. The van der Waals surface area contributed by atoms with Crippen LogP contribution in [0.5, 0.6) is 0 Å².